The van der Waals surface area contributed by atoms with Crippen molar-refractivity contribution in [2.24, 2.45) is 5.92 Å². The molecule has 72 valence electrons. The number of rotatable bonds is 2. The highest BCUT2D eigenvalue weighted by molar-refractivity contribution is 5.57. The number of nitriles is 1. The molecule has 0 atom stereocenters. The zero-order chi connectivity index (χ0) is 9.97. The van der Waals surface area contributed by atoms with Crippen LogP contribution in [0.2, 0.25) is 0 Å². The van der Waals surface area contributed by atoms with Gasteiger partial charge in [0.05, 0.1) is 5.69 Å². The van der Waals surface area contributed by atoms with Crippen LogP contribution in [0, 0.1) is 17.2 Å². The third kappa shape index (κ3) is 1.42. The molecule has 2 heterocycles. The second-order valence-corrected chi connectivity index (χ2v) is 3.44. The maximum atomic E-state index is 8.87. The van der Waals surface area contributed by atoms with Gasteiger partial charge in [0, 0.05) is 31.8 Å². The summed E-state index contributed by atoms with van der Waals surface area (Å²) >= 11 is 0. The topological polar surface area (TPSA) is 60.2 Å². The zero-order valence-corrected chi connectivity index (χ0v) is 7.72. The second-order valence-electron chi connectivity index (χ2n) is 3.44. The first kappa shape index (κ1) is 8.97. The molecule has 0 spiro atoms. The van der Waals surface area contributed by atoms with Crippen molar-refractivity contribution in [1.82, 2.24) is 4.98 Å². The van der Waals surface area contributed by atoms with Crippen LogP contribution in [0.3, 0.4) is 0 Å². The Kier molecular flexibility index (Phi) is 2.33. The Morgan fingerprint density at radius 2 is 2.43 bits per heavy atom. The molecule has 0 saturated carbocycles. The average Bonchev–Trinajstić information content (AvgIpc) is 2.17. The van der Waals surface area contributed by atoms with E-state index >= 15 is 0 Å². The smallest absolute Gasteiger partial charge is 0.163 e. The number of aliphatic hydroxyl groups excluding tert-OH is 1. The lowest BCUT2D eigenvalue weighted by atomic mass is 10.0. The Labute approximate surface area is 82.4 Å². The molecule has 4 heteroatoms. The van der Waals surface area contributed by atoms with Crippen molar-refractivity contribution in [3.63, 3.8) is 0 Å². The Hall–Kier alpha value is -1.60. The van der Waals surface area contributed by atoms with Gasteiger partial charge < -0.3 is 10.0 Å². The normalized spacial score (nSPS) is 16.1. The van der Waals surface area contributed by atoms with E-state index in [0.717, 1.165) is 18.8 Å². The molecule has 0 unspecified atom stereocenters. The Bertz CT molecular complexity index is 366. The van der Waals surface area contributed by atoms with Crippen molar-refractivity contribution >= 4 is 5.69 Å². The van der Waals surface area contributed by atoms with Gasteiger partial charge in [-0.15, -0.1) is 0 Å². The molecule has 1 aromatic rings. The number of aliphatic hydroxyl groups is 1. The first-order valence-electron chi connectivity index (χ1n) is 4.56. The summed E-state index contributed by atoms with van der Waals surface area (Å²) in [7, 11) is 0. The fourth-order valence-corrected chi connectivity index (χ4v) is 1.62. The van der Waals surface area contributed by atoms with Crippen LogP contribution >= 0.6 is 0 Å². The van der Waals surface area contributed by atoms with Crippen LogP contribution in [0.15, 0.2) is 18.3 Å². The largest absolute Gasteiger partial charge is 0.396 e. The lowest BCUT2D eigenvalue weighted by Gasteiger charge is -2.40. The Morgan fingerprint density at radius 1 is 1.64 bits per heavy atom. The first-order chi connectivity index (χ1) is 6.85. The molecular weight excluding hydrogens is 178 g/mol. The second kappa shape index (κ2) is 3.64. The van der Waals surface area contributed by atoms with Crippen molar-refractivity contribution in [2.75, 3.05) is 24.6 Å². The predicted octanol–water partition coefficient (Wildman–Crippen LogP) is 0.382. The molecule has 1 aliphatic heterocycles. The van der Waals surface area contributed by atoms with Crippen LogP contribution in [-0.4, -0.2) is 29.8 Å². The van der Waals surface area contributed by atoms with Gasteiger partial charge in [0.1, 0.15) is 6.07 Å². The van der Waals surface area contributed by atoms with Crippen molar-refractivity contribution in [3.05, 3.63) is 24.0 Å². The third-order valence-corrected chi connectivity index (χ3v) is 2.45. The minimum absolute atomic E-state index is 0.221. The molecule has 0 aliphatic carbocycles. The SMILES string of the molecule is N#Cc1ncccc1N1CC(CO)C1. The van der Waals surface area contributed by atoms with Gasteiger partial charge in [0.25, 0.3) is 0 Å². The number of anilines is 1. The van der Waals surface area contributed by atoms with E-state index in [-0.39, 0.29) is 6.61 Å². The van der Waals surface area contributed by atoms with Crippen molar-refractivity contribution < 1.29 is 5.11 Å². The summed E-state index contributed by atoms with van der Waals surface area (Å²) in [5, 5.41) is 17.7. The van der Waals surface area contributed by atoms with E-state index in [2.05, 4.69) is 16.0 Å². The van der Waals surface area contributed by atoms with E-state index in [1.165, 1.54) is 0 Å². The van der Waals surface area contributed by atoms with Crippen molar-refractivity contribution in [3.8, 4) is 6.07 Å². The van der Waals surface area contributed by atoms with Gasteiger partial charge >= 0.3 is 0 Å². The summed E-state index contributed by atoms with van der Waals surface area (Å²) in [4.78, 5) is 6.05. The van der Waals surface area contributed by atoms with Gasteiger partial charge in [-0.2, -0.15) is 5.26 Å². The standard InChI is InChI=1S/C10H11N3O/c11-4-9-10(2-1-3-12-9)13-5-8(6-13)7-14/h1-3,8,14H,5-7H2. The molecule has 2 rings (SSSR count). The Morgan fingerprint density at radius 3 is 3.07 bits per heavy atom. The highest BCUT2D eigenvalue weighted by Crippen LogP contribution is 2.25. The van der Waals surface area contributed by atoms with Crippen LogP contribution in [0.25, 0.3) is 0 Å². The van der Waals surface area contributed by atoms with Gasteiger partial charge in [0.15, 0.2) is 5.69 Å². The number of hydrogen-bond donors (Lipinski definition) is 1. The maximum absolute atomic E-state index is 8.87. The fourth-order valence-electron chi connectivity index (χ4n) is 1.62. The fraction of sp³-hybridized carbons (Fsp3) is 0.400. The van der Waals surface area contributed by atoms with E-state index in [1.54, 1.807) is 6.20 Å². The number of nitrogens with zero attached hydrogens (tertiary/aromatic N) is 3. The molecule has 1 saturated heterocycles. The average molecular weight is 189 g/mol. The molecule has 14 heavy (non-hydrogen) atoms. The van der Waals surface area contributed by atoms with Crippen LogP contribution in [0.4, 0.5) is 5.69 Å². The molecule has 0 aromatic carbocycles. The lowest BCUT2D eigenvalue weighted by molar-refractivity contribution is 0.200. The van der Waals surface area contributed by atoms with E-state index < -0.39 is 0 Å². The van der Waals surface area contributed by atoms with Gasteiger partial charge in [-0.05, 0) is 12.1 Å². The highest BCUT2D eigenvalue weighted by Gasteiger charge is 2.27. The minimum Gasteiger partial charge on any atom is -0.396 e. The summed E-state index contributed by atoms with van der Waals surface area (Å²) in [5.41, 5.74) is 1.34. The molecule has 4 nitrogen and oxygen atoms in total. The molecule has 1 aliphatic rings. The van der Waals surface area contributed by atoms with Crippen LogP contribution in [0.1, 0.15) is 5.69 Å². The summed E-state index contributed by atoms with van der Waals surface area (Å²) in [6.45, 7) is 1.85. The summed E-state index contributed by atoms with van der Waals surface area (Å²) in [5.74, 6) is 0.349. The van der Waals surface area contributed by atoms with Crippen LogP contribution in [-0.2, 0) is 0 Å². The lowest BCUT2D eigenvalue weighted by Crippen LogP contribution is -2.48. The maximum Gasteiger partial charge on any atom is 0.163 e. The number of hydrogen-bond acceptors (Lipinski definition) is 4. The molecule has 0 radical (unpaired) electrons. The predicted molar refractivity (Wildman–Crippen MR) is 51.7 cm³/mol. The molecule has 0 amide bonds. The van der Waals surface area contributed by atoms with Gasteiger partial charge in [0.2, 0.25) is 0 Å². The molecule has 1 fully saturated rings. The monoisotopic (exact) mass is 189 g/mol. The summed E-state index contributed by atoms with van der Waals surface area (Å²) in [6, 6.07) is 5.77. The van der Waals surface area contributed by atoms with E-state index in [9.17, 15) is 0 Å². The number of aromatic nitrogens is 1. The van der Waals surface area contributed by atoms with Gasteiger partial charge in [-0.1, -0.05) is 0 Å². The molecule has 1 aromatic heterocycles. The van der Waals surface area contributed by atoms with Crippen molar-refractivity contribution in [1.29, 1.82) is 5.26 Å². The van der Waals surface area contributed by atoms with Crippen LogP contribution in [0.5, 0.6) is 0 Å². The quantitative estimate of drug-likeness (QED) is 0.730. The summed E-state index contributed by atoms with van der Waals surface area (Å²) in [6.07, 6.45) is 1.62. The molecular formula is C10H11N3O. The van der Waals surface area contributed by atoms with Gasteiger partial charge in [-0.3, -0.25) is 0 Å². The minimum atomic E-state index is 0.221. The van der Waals surface area contributed by atoms with E-state index in [4.69, 9.17) is 10.4 Å². The third-order valence-electron chi connectivity index (χ3n) is 2.45. The van der Waals surface area contributed by atoms with Crippen molar-refractivity contribution in [2.45, 2.75) is 0 Å². The molecule has 0 bridgehead atoms. The van der Waals surface area contributed by atoms with Crippen LogP contribution < -0.4 is 4.90 Å². The number of pyridine rings is 1. The summed E-state index contributed by atoms with van der Waals surface area (Å²) < 4.78 is 0. The zero-order valence-electron chi connectivity index (χ0n) is 7.72. The highest BCUT2D eigenvalue weighted by atomic mass is 16.3. The molecule has 1 N–H and O–H groups in total. The Balaban J connectivity index is 2.15. The van der Waals surface area contributed by atoms with E-state index in [1.807, 2.05) is 12.1 Å². The van der Waals surface area contributed by atoms with Gasteiger partial charge in [-0.25, -0.2) is 4.98 Å². The first-order valence-corrected chi connectivity index (χ1v) is 4.56. The van der Waals surface area contributed by atoms with E-state index in [0.29, 0.717) is 11.6 Å².